The SMILES string of the molecule is CC(C)OC(=O)CSc1ncnc2ccsc12. The molecule has 0 aliphatic heterocycles. The molecule has 6 heteroatoms. The molecule has 17 heavy (non-hydrogen) atoms. The first-order chi connectivity index (χ1) is 8.16. The maximum Gasteiger partial charge on any atom is 0.316 e. The zero-order valence-corrected chi connectivity index (χ0v) is 11.2. The van der Waals surface area contributed by atoms with E-state index in [1.807, 2.05) is 25.3 Å². The topological polar surface area (TPSA) is 52.1 Å². The fourth-order valence-electron chi connectivity index (χ4n) is 1.29. The first-order valence-electron chi connectivity index (χ1n) is 5.17. The molecule has 0 unspecified atom stereocenters. The van der Waals surface area contributed by atoms with Gasteiger partial charge in [0.2, 0.25) is 0 Å². The van der Waals surface area contributed by atoms with Gasteiger partial charge in [-0.25, -0.2) is 9.97 Å². The lowest BCUT2D eigenvalue weighted by molar-refractivity contribution is -0.144. The van der Waals surface area contributed by atoms with Crippen LogP contribution in [-0.2, 0) is 9.53 Å². The standard InChI is InChI=1S/C11H12N2O2S2/c1-7(2)15-9(14)5-17-11-10-8(3-4-16-10)12-6-13-11/h3-4,6-7H,5H2,1-2H3. The first kappa shape index (κ1) is 12.3. The highest BCUT2D eigenvalue weighted by molar-refractivity contribution is 8.00. The van der Waals surface area contributed by atoms with Gasteiger partial charge in [0.1, 0.15) is 11.4 Å². The average Bonchev–Trinajstić information content (AvgIpc) is 2.73. The zero-order valence-electron chi connectivity index (χ0n) is 9.54. The lowest BCUT2D eigenvalue weighted by Gasteiger charge is -2.07. The van der Waals surface area contributed by atoms with Crippen molar-refractivity contribution in [2.24, 2.45) is 0 Å². The van der Waals surface area contributed by atoms with Crippen LogP contribution in [0.5, 0.6) is 0 Å². The molecule has 0 saturated heterocycles. The number of carbonyl (C=O) groups is 1. The quantitative estimate of drug-likeness (QED) is 0.485. The van der Waals surface area contributed by atoms with Crippen LogP contribution in [0.2, 0.25) is 0 Å². The minimum atomic E-state index is -0.215. The van der Waals surface area contributed by atoms with Crippen LogP contribution in [0.3, 0.4) is 0 Å². The van der Waals surface area contributed by atoms with E-state index in [4.69, 9.17) is 4.74 Å². The number of thioether (sulfide) groups is 1. The molecule has 0 aromatic carbocycles. The van der Waals surface area contributed by atoms with Crippen LogP contribution in [0.25, 0.3) is 10.2 Å². The van der Waals surface area contributed by atoms with Gasteiger partial charge in [-0.15, -0.1) is 11.3 Å². The highest BCUT2D eigenvalue weighted by Gasteiger charge is 2.10. The molecule has 0 aliphatic carbocycles. The smallest absolute Gasteiger partial charge is 0.316 e. The van der Waals surface area contributed by atoms with Gasteiger partial charge in [0.05, 0.1) is 22.1 Å². The predicted octanol–water partition coefficient (Wildman–Crippen LogP) is 2.74. The summed E-state index contributed by atoms with van der Waals surface area (Å²) in [5, 5.41) is 2.81. The van der Waals surface area contributed by atoms with E-state index in [1.54, 1.807) is 11.3 Å². The van der Waals surface area contributed by atoms with E-state index in [9.17, 15) is 4.79 Å². The van der Waals surface area contributed by atoms with Crippen molar-refractivity contribution in [3.8, 4) is 0 Å². The highest BCUT2D eigenvalue weighted by atomic mass is 32.2. The largest absolute Gasteiger partial charge is 0.462 e. The minimum Gasteiger partial charge on any atom is -0.462 e. The Morgan fingerprint density at radius 2 is 2.35 bits per heavy atom. The van der Waals surface area contributed by atoms with Crippen LogP contribution < -0.4 is 0 Å². The molecular formula is C11H12N2O2S2. The van der Waals surface area contributed by atoms with E-state index in [1.165, 1.54) is 18.1 Å². The van der Waals surface area contributed by atoms with Crippen LogP contribution in [0.4, 0.5) is 0 Å². The number of thiophene rings is 1. The Kier molecular flexibility index (Phi) is 3.96. The van der Waals surface area contributed by atoms with E-state index in [-0.39, 0.29) is 17.8 Å². The van der Waals surface area contributed by atoms with Crippen LogP contribution in [0, 0.1) is 0 Å². The predicted molar refractivity (Wildman–Crippen MR) is 69.4 cm³/mol. The molecule has 2 aromatic heterocycles. The third kappa shape index (κ3) is 3.17. The van der Waals surface area contributed by atoms with E-state index in [0.29, 0.717) is 0 Å². The molecule has 0 spiro atoms. The molecule has 90 valence electrons. The van der Waals surface area contributed by atoms with Gasteiger partial charge in [0.25, 0.3) is 0 Å². The van der Waals surface area contributed by atoms with Gasteiger partial charge < -0.3 is 4.74 Å². The molecule has 0 saturated carbocycles. The van der Waals surface area contributed by atoms with Crippen molar-refractivity contribution in [2.75, 3.05) is 5.75 Å². The van der Waals surface area contributed by atoms with E-state index in [2.05, 4.69) is 9.97 Å². The van der Waals surface area contributed by atoms with Gasteiger partial charge in [-0.2, -0.15) is 0 Å². The molecular weight excluding hydrogens is 256 g/mol. The maximum absolute atomic E-state index is 11.4. The molecule has 0 atom stereocenters. The number of nitrogens with zero attached hydrogens (tertiary/aromatic N) is 2. The van der Waals surface area contributed by atoms with Crippen LogP contribution in [-0.4, -0.2) is 27.8 Å². The molecule has 0 bridgehead atoms. The molecule has 0 radical (unpaired) electrons. The summed E-state index contributed by atoms with van der Waals surface area (Å²) in [6.07, 6.45) is 1.45. The Hall–Kier alpha value is -1.14. The second-order valence-corrected chi connectivity index (χ2v) is 5.52. The Labute approximate surface area is 107 Å². The van der Waals surface area contributed by atoms with Crippen LogP contribution in [0.15, 0.2) is 22.8 Å². The summed E-state index contributed by atoms with van der Waals surface area (Å²) in [5.74, 6) is 0.0654. The molecule has 0 fully saturated rings. The van der Waals surface area contributed by atoms with Crippen LogP contribution >= 0.6 is 23.1 Å². The molecule has 2 aromatic rings. The number of carbonyl (C=O) groups excluding carboxylic acids is 1. The van der Waals surface area contributed by atoms with Crippen molar-refractivity contribution in [1.82, 2.24) is 9.97 Å². The Morgan fingerprint density at radius 3 is 3.12 bits per heavy atom. The second-order valence-electron chi connectivity index (χ2n) is 3.64. The summed E-state index contributed by atoms with van der Waals surface area (Å²) in [6.45, 7) is 3.68. The monoisotopic (exact) mass is 268 g/mol. The van der Waals surface area contributed by atoms with Gasteiger partial charge in [0.15, 0.2) is 0 Å². The highest BCUT2D eigenvalue weighted by Crippen LogP contribution is 2.28. The van der Waals surface area contributed by atoms with Crippen LogP contribution in [0.1, 0.15) is 13.8 Å². The summed E-state index contributed by atoms with van der Waals surface area (Å²) in [4.78, 5) is 19.7. The number of fused-ring (bicyclic) bond motifs is 1. The first-order valence-corrected chi connectivity index (χ1v) is 7.04. The second kappa shape index (κ2) is 5.46. The summed E-state index contributed by atoms with van der Waals surface area (Å²) in [6, 6.07) is 1.94. The summed E-state index contributed by atoms with van der Waals surface area (Å²) in [5.41, 5.74) is 0.921. The molecule has 0 N–H and O–H groups in total. The molecule has 0 amide bonds. The van der Waals surface area contributed by atoms with E-state index in [0.717, 1.165) is 15.2 Å². The van der Waals surface area contributed by atoms with Crippen molar-refractivity contribution >= 4 is 39.3 Å². The van der Waals surface area contributed by atoms with Crippen molar-refractivity contribution in [2.45, 2.75) is 25.0 Å². The van der Waals surface area contributed by atoms with E-state index < -0.39 is 0 Å². The zero-order chi connectivity index (χ0) is 12.3. The molecule has 2 rings (SSSR count). The van der Waals surface area contributed by atoms with Gasteiger partial charge in [-0.1, -0.05) is 11.8 Å². The number of hydrogen-bond acceptors (Lipinski definition) is 6. The number of esters is 1. The Morgan fingerprint density at radius 1 is 1.53 bits per heavy atom. The Bertz CT molecular complexity index is 525. The summed E-state index contributed by atoms with van der Waals surface area (Å²) in [7, 11) is 0. The van der Waals surface area contributed by atoms with Crippen molar-refractivity contribution in [3.63, 3.8) is 0 Å². The minimum absolute atomic E-state index is 0.0738. The number of ether oxygens (including phenoxy) is 1. The Balaban J connectivity index is 2.04. The van der Waals surface area contributed by atoms with Crippen molar-refractivity contribution in [3.05, 3.63) is 17.8 Å². The van der Waals surface area contributed by atoms with Gasteiger partial charge >= 0.3 is 5.97 Å². The maximum atomic E-state index is 11.4. The number of aromatic nitrogens is 2. The van der Waals surface area contributed by atoms with Gasteiger partial charge in [-0.3, -0.25) is 4.79 Å². The lowest BCUT2D eigenvalue weighted by atomic mass is 10.5. The van der Waals surface area contributed by atoms with Crippen molar-refractivity contribution < 1.29 is 9.53 Å². The lowest BCUT2D eigenvalue weighted by Crippen LogP contribution is -2.13. The number of rotatable bonds is 4. The molecule has 4 nitrogen and oxygen atoms in total. The average molecular weight is 268 g/mol. The summed E-state index contributed by atoms with van der Waals surface area (Å²) >= 11 is 2.97. The van der Waals surface area contributed by atoms with Gasteiger partial charge in [0, 0.05) is 0 Å². The third-order valence-electron chi connectivity index (χ3n) is 1.90. The molecule has 2 heterocycles. The number of hydrogen-bond donors (Lipinski definition) is 0. The third-order valence-corrected chi connectivity index (χ3v) is 3.91. The molecule has 0 aliphatic rings. The van der Waals surface area contributed by atoms with E-state index >= 15 is 0 Å². The fraction of sp³-hybridized carbons (Fsp3) is 0.364. The van der Waals surface area contributed by atoms with Gasteiger partial charge in [-0.05, 0) is 25.3 Å². The van der Waals surface area contributed by atoms with Crippen molar-refractivity contribution in [1.29, 1.82) is 0 Å². The normalized spacial score (nSPS) is 11.0. The summed E-state index contributed by atoms with van der Waals surface area (Å²) < 4.78 is 6.09. The fourth-order valence-corrected chi connectivity index (χ4v) is 3.02.